The Bertz CT molecular complexity index is 3530. The number of fused-ring (bicyclic) bond motifs is 6. The number of imidazole rings is 2. The monoisotopic (exact) mass is 1020 g/mol. The van der Waals surface area contributed by atoms with Gasteiger partial charge < -0.3 is 9.47 Å². The van der Waals surface area contributed by atoms with Crippen LogP contribution in [0, 0.1) is 5.82 Å². The summed E-state index contributed by atoms with van der Waals surface area (Å²) in [5.74, 6) is -3.62. The molecule has 0 unspecified atom stereocenters. The van der Waals surface area contributed by atoms with Crippen LogP contribution in [0.1, 0.15) is 46.0 Å². The summed E-state index contributed by atoms with van der Waals surface area (Å²) in [7, 11) is -10.3. The van der Waals surface area contributed by atoms with Gasteiger partial charge in [0.15, 0.2) is 0 Å². The third-order valence-corrected chi connectivity index (χ3v) is 15.4. The minimum absolute atomic E-state index is 0.0241. The quantitative estimate of drug-likeness (QED) is 0.114. The molecule has 2 atom stereocenters. The van der Waals surface area contributed by atoms with Gasteiger partial charge in [0, 0.05) is 60.8 Å². The van der Waals surface area contributed by atoms with Crippen molar-refractivity contribution < 1.29 is 57.0 Å². The summed E-state index contributed by atoms with van der Waals surface area (Å²) in [5.41, 5.74) is 0.289. The van der Waals surface area contributed by atoms with Gasteiger partial charge in [0.05, 0.1) is 17.8 Å². The standard InChI is InChI=1S/C46H33F7N10O6S2/c47-33-20-40(71(66,67)62-23-30-21-54-26-57-41(30)60-16-15-56-43(60)35(62)17-28-9-3-1-4-10-28)38(69-46(51,52)53)19-32(33)34-25-61-42-31(22-55-27-58-42)24-63(36(44(61)59-34)18-29-11-5-2-6-12-29)70(64,65)39-14-8-7-13-37(39)68-45(48,49)50/h1-16,19-22,25-27,35-36H,17-18,23-24H2/t35-,36-/m1/s1. The molecule has 0 amide bonds. The highest BCUT2D eigenvalue weighted by Gasteiger charge is 2.45. The van der Waals surface area contributed by atoms with E-state index in [2.05, 4.69) is 39.4 Å². The van der Waals surface area contributed by atoms with Crippen LogP contribution in [0.5, 0.6) is 11.5 Å². The Kier molecular flexibility index (Phi) is 11.9. The van der Waals surface area contributed by atoms with E-state index in [1.165, 1.54) is 40.1 Å². The Labute approximate surface area is 398 Å². The number of nitrogens with zero attached hydrogens (tertiary/aromatic N) is 10. The van der Waals surface area contributed by atoms with E-state index in [0.717, 1.165) is 39.3 Å². The van der Waals surface area contributed by atoms with E-state index in [1.54, 1.807) is 66.9 Å². The number of sulfonamides is 2. The van der Waals surface area contributed by atoms with E-state index in [4.69, 9.17) is 0 Å². The minimum atomic E-state index is -5.54. The van der Waals surface area contributed by atoms with Gasteiger partial charge in [0.1, 0.15) is 63.0 Å². The maximum absolute atomic E-state index is 17.1. The van der Waals surface area contributed by atoms with Gasteiger partial charge in [0.2, 0.25) is 20.0 Å². The molecular weight excluding hydrogens is 986 g/mol. The van der Waals surface area contributed by atoms with Crippen LogP contribution in [-0.4, -0.2) is 77.2 Å². The van der Waals surface area contributed by atoms with Crippen LogP contribution in [0.15, 0.2) is 150 Å². The van der Waals surface area contributed by atoms with Gasteiger partial charge in [-0.05, 0) is 48.2 Å². The SMILES string of the molecule is O=S(=O)(c1cc(F)c(-c2cn3c(n2)[C@@H](Cc2ccccc2)N(S(=O)(=O)c2ccccc2OC(F)(F)F)Cc2cncnc2-3)cc1OC(F)(F)F)N1Cc2cncnc2-n2ccnc2[C@H]1Cc1ccccc1. The molecule has 0 spiro atoms. The predicted molar refractivity (Wildman–Crippen MR) is 235 cm³/mol. The fraction of sp³-hybridized carbons (Fsp3) is 0.174. The topological polar surface area (TPSA) is 180 Å². The van der Waals surface area contributed by atoms with Crippen LogP contribution >= 0.6 is 0 Å². The number of alkyl halides is 6. The van der Waals surface area contributed by atoms with E-state index in [-0.39, 0.29) is 47.3 Å². The van der Waals surface area contributed by atoms with Gasteiger partial charge in [-0.25, -0.2) is 51.1 Å². The van der Waals surface area contributed by atoms with Gasteiger partial charge in [-0.2, -0.15) is 8.61 Å². The summed E-state index contributed by atoms with van der Waals surface area (Å²) in [6.45, 7) is -1.05. The summed E-state index contributed by atoms with van der Waals surface area (Å²) >= 11 is 0. The highest BCUT2D eigenvalue weighted by molar-refractivity contribution is 7.89. The molecule has 10 rings (SSSR count). The molecule has 0 fully saturated rings. The first-order chi connectivity index (χ1) is 33.9. The van der Waals surface area contributed by atoms with Crippen LogP contribution in [0.4, 0.5) is 30.7 Å². The molecule has 0 saturated heterocycles. The van der Waals surface area contributed by atoms with Crippen LogP contribution in [0.3, 0.4) is 0 Å². The maximum Gasteiger partial charge on any atom is 0.573 e. The van der Waals surface area contributed by atoms with E-state index in [0.29, 0.717) is 23.3 Å². The van der Waals surface area contributed by atoms with Crippen LogP contribution in [-0.2, 0) is 46.0 Å². The van der Waals surface area contributed by atoms with Crippen molar-refractivity contribution in [3.63, 3.8) is 0 Å². The Balaban J connectivity index is 1.14. The molecular formula is C46H33F7N10O6S2. The van der Waals surface area contributed by atoms with Crippen molar-refractivity contribution in [3.05, 3.63) is 180 Å². The Morgan fingerprint density at radius 1 is 0.606 bits per heavy atom. The third-order valence-electron chi connectivity index (χ3n) is 11.7. The average molecular weight is 1020 g/mol. The molecule has 8 aromatic rings. The van der Waals surface area contributed by atoms with Crippen molar-refractivity contribution in [2.75, 3.05) is 0 Å². The molecule has 2 aliphatic heterocycles. The van der Waals surface area contributed by atoms with Crippen LogP contribution in [0.2, 0.25) is 0 Å². The second kappa shape index (κ2) is 18.0. The number of para-hydroxylation sites is 1. The fourth-order valence-electron chi connectivity index (χ4n) is 8.67. The zero-order valence-electron chi connectivity index (χ0n) is 36.1. The first-order valence-corrected chi connectivity index (χ1v) is 24.0. The molecule has 2 aliphatic rings. The smallest absolute Gasteiger partial charge is 0.404 e. The summed E-state index contributed by atoms with van der Waals surface area (Å²) < 4.78 is 175. The highest BCUT2D eigenvalue weighted by atomic mass is 32.2. The first kappa shape index (κ1) is 47.1. The Morgan fingerprint density at radius 2 is 1.13 bits per heavy atom. The number of hydrogen-bond donors (Lipinski definition) is 0. The second-order valence-corrected chi connectivity index (χ2v) is 19.8. The van der Waals surface area contributed by atoms with Crippen LogP contribution in [0.25, 0.3) is 22.9 Å². The van der Waals surface area contributed by atoms with Gasteiger partial charge >= 0.3 is 12.7 Å². The molecule has 0 aliphatic carbocycles. The van der Waals surface area contributed by atoms with Crippen molar-refractivity contribution in [1.82, 2.24) is 47.6 Å². The Hall–Kier alpha value is -7.61. The van der Waals surface area contributed by atoms with E-state index >= 15 is 12.8 Å². The van der Waals surface area contributed by atoms with Crippen molar-refractivity contribution in [2.45, 2.75) is 60.5 Å². The predicted octanol–water partition coefficient (Wildman–Crippen LogP) is 8.22. The molecule has 0 saturated carbocycles. The minimum Gasteiger partial charge on any atom is -0.404 e. The van der Waals surface area contributed by atoms with Crippen LogP contribution < -0.4 is 9.47 Å². The third kappa shape index (κ3) is 9.19. The molecule has 0 bridgehead atoms. The number of benzene rings is 4. The van der Waals surface area contributed by atoms with E-state index in [9.17, 15) is 34.8 Å². The largest absolute Gasteiger partial charge is 0.573 e. The molecule has 364 valence electrons. The van der Waals surface area contributed by atoms with Crippen molar-refractivity contribution >= 4 is 20.0 Å². The summed E-state index contributed by atoms with van der Waals surface area (Å²) in [6.07, 6.45) is -2.07. The van der Waals surface area contributed by atoms with Crippen molar-refractivity contribution in [1.29, 1.82) is 0 Å². The van der Waals surface area contributed by atoms with Gasteiger partial charge in [0.25, 0.3) is 0 Å². The molecule has 71 heavy (non-hydrogen) atoms. The lowest BCUT2D eigenvalue weighted by Gasteiger charge is -2.29. The fourth-order valence-corrected chi connectivity index (χ4v) is 12.0. The molecule has 0 radical (unpaired) electrons. The van der Waals surface area contributed by atoms with Gasteiger partial charge in [-0.3, -0.25) is 9.13 Å². The number of aromatic nitrogens is 8. The molecule has 4 aromatic carbocycles. The van der Waals surface area contributed by atoms with E-state index < -0.39 is 96.3 Å². The second-order valence-electron chi connectivity index (χ2n) is 16.1. The summed E-state index contributed by atoms with van der Waals surface area (Å²) in [4.78, 5) is 23.7. The molecule has 25 heteroatoms. The number of rotatable bonds is 11. The van der Waals surface area contributed by atoms with E-state index in [1.807, 2.05) is 0 Å². The lowest BCUT2D eigenvalue weighted by molar-refractivity contribution is -0.276. The van der Waals surface area contributed by atoms with Crippen molar-refractivity contribution in [3.8, 4) is 34.4 Å². The first-order valence-electron chi connectivity index (χ1n) is 21.1. The highest BCUT2D eigenvalue weighted by Crippen LogP contribution is 2.44. The zero-order valence-corrected chi connectivity index (χ0v) is 37.8. The summed E-state index contributed by atoms with van der Waals surface area (Å²) in [5, 5.41) is 0. The number of hydrogen-bond acceptors (Lipinski definition) is 12. The summed E-state index contributed by atoms with van der Waals surface area (Å²) in [6, 6.07) is 19.2. The maximum atomic E-state index is 17.1. The van der Waals surface area contributed by atoms with Crippen molar-refractivity contribution in [2.24, 2.45) is 0 Å². The number of ether oxygens (including phenoxy) is 2. The average Bonchev–Trinajstić information content (AvgIpc) is 3.95. The lowest BCUT2D eigenvalue weighted by Crippen LogP contribution is -2.36. The molecule has 16 nitrogen and oxygen atoms in total. The lowest BCUT2D eigenvalue weighted by atomic mass is 10.1. The number of halogens is 7. The Morgan fingerprint density at radius 3 is 1.72 bits per heavy atom. The molecule has 0 N–H and O–H groups in total. The molecule has 6 heterocycles. The van der Waals surface area contributed by atoms with Gasteiger partial charge in [-0.15, -0.1) is 26.3 Å². The zero-order chi connectivity index (χ0) is 49.9. The van der Waals surface area contributed by atoms with Gasteiger partial charge in [-0.1, -0.05) is 72.8 Å². The normalized spacial score (nSPS) is 16.5. The molecule has 4 aromatic heterocycles.